The van der Waals surface area contributed by atoms with Gasteiger partial charge in [-0.05, 0) is 48.4 Å². The largest absolute Gasteiger partial charge is 0.573 e. The Morgan fingerprint density at radius 3 is 2.54 bits per heavy atom. The molecule has 2 N–H and O–H groups in total. The Hall–Kier alpha value is -4.00. The first kappa shape index (κ1) is 26.1. The first-order valence-electron chi connectivity index (χ1n) is 11.1. The smallest absolute Gasteiger partial charge is 0.493 e. The van der Waals surface area contributed by atoms with Crippen LogP contribution in [0.4, 0.5) is 23.7 Å². The standard InChI is InChI=1S/C24H22F3N5O4S/c1-3-20-21(15-6-9-18(35-2)19(12-15)36-24(25,26)27)31-32(23(34)37-20)13-14-4-7-16(8-5-14)29-22(33)17-10-11-28-30-17/h4-12,20H,3,13H2,1-2H3,(H,28,30)(H,29,33). The molecule has 0 saturated carbocycles. The van der Waals surface area contributed by atoms with E-state index in [-0.39, 0.29) is 28.7 Å². The maximum atomic E-state index is 12.9. The molecule has 2 heterocycles. The summed E-state index contributed by atoms with van der Waals surface area (Å²) in [6.45, 7) is 1.99. The van der Waals surface area contributed by atoms with Crippen molar-refractivity contribution in [3.8, 4) is 11.5 Å². The molecule has 0 aliphatic carbocycles. The van der Waals surface area contributed by atoms with E-state index in [0.29, 0.717) is 29.1 Å². The zero-order valence-electron chi connectivity index (χ0n) is 19.7. The number of ether oxygens (including phenoxy) is 2. The Bertz CT molecular complexity index is 1300. The molecule has 194 valence electrons. The number of amides is 2. The van der Waals surface area contributed by atoms with Crippen molar-refractivity contribution in [1.82, 2.24) is 15.2 Å². The second-order valence-corrected chi connectivity index (χ2v) is 9.01. The van der Waals surface area contributed by atoms with Crippen LogP contribution in [0.5, 0.6) is 11.5 Å². The van der Waals surface area contributed by atoms with Crippen LogP contribution in [-0.2, 0) is 6.54 Å². The van der Waals surface area contributed by atoms with Crippen LogP contribution in [0.15, 0.2) is 59.8 Å². The number of anilines is 1. The van der Waals surface area contributed by atoms with E-state index in [4.69, 9.17) is 4.74 Å². The molecule has 2 amide bonds. The number of carbonyl (C=O) groups excluding carboxylic acids is 2. The van der Waals surface area contributed by atoms with Crippen LogP contribution in [0.3, 0.4) is 0 Å². The van der Waals surface area contributed by atoms with Crippen LogP contribution in [0.1, 0.15) is 35.0 Å². The molecule has 4 rings (SSSR count). The topological polar surface area (TPSA) is 109 Å². The van der Waals surface area contributed by atoms with Crippen molar-refractivity contribution in [2.24, 2.45) is 5.10 Å². The van der Waals surface area contributed by atoms with Gasteiger partial charge in [0.15, 0.2) is 11.5 Å². The molecular weight excluding hydrogens is 511 g/mol. The molecule has 1 aliphatic heterocycles. The van der Waals surface area contributed by atoms with Gasteiger partial charge in [0, 0.05) is 17.4 Å². The van der Waals surface area contributed by atoms with Crippen molar-refractivity contribution in [3.05, 3.63) is 71.5 Å². The lowest BCUT2D eigenvalue weighted by molar-refractivity contribution is -0.275. The van der Waals surface area contributed by atoms with Crippen LogP contribution in [0.25, 0.3) is 0 Å². The van der Waals surface area contributed by atoms with Crippen molar-refractivity contribution in [2.45, 2.75) is 31.5 Å². The molecule has 0 saturated heterocycles. The van der Waals surface area contributed by atoms with Gasteiger partial charge in [-0.2, -0.15) is 10.2 Å². The van der Waals surface area contributed by atoms with Gasteiger partial charge >= 0.3 is 11.6 Å². The third kappa shape index (κ3) is 6.42. The highest BCUT2D eigenvalue weighted by Crippen LogP contribution is 2.36. The summed E-state index contributed by atoms with van der Waals surface area (Å²) in [5.74, 6) is -0.918. The molecule has 1 unspecified atom stereocenters. The van der Waals surface area contributed by atoms with Crippen LogP contribution >= 0.6 is 11.8 Å². The van der Waals surface area contributed by atoms with Gasteiger partial charge in [-0.15, -0.1) is 13.2 Å². The lowest BCUT2D eigenvalue weighted by Gasteiger charge is -2.28. The first-order valence-corrected chi connectivity index (χ1v) is 11.9. The molecule has 9 nitrogen and oxygen atoms in total. The van der Waals surface area contributed by atoms with Gasteiger partial charge in [-0.25, -0.2) is 5.01 Å². The predicted octanol–water partition coefficient (Wildman–Crippen LogP) is 5.42. The van der Waals surface area contributed by atoms with E-state index in [0.717, 1.165) is 17.3 Å². The summed E-state index contributed by atoms with van der Waals surface area (Å²) < 4.78 is 47.8. The number of hydrogen-bond acceptors (Lipinski definition) is 7. The summed E-state index contributed by atoms with van der Waals surface area (Å²) in [7, 11) is 1.25. The van der Waals surface area contributed by atoms with Gasteiger partial charge in [0.1, 0.15) is 5.69 Å². The van der Waals surface area contributed by atoms with E-state index in [2.05, 4.69) is 25.4 Å². The average Bonchev–Trinajstić information content (AvgIpc) is 3.40. The van der Waals surface area contributed by atoms with Crippen LogP contribution < -0.4 is 14.8 Å². The molecule has 0 radical (unpaired) electrons. The number of rotatable bonds is 8. The number of halogens is 3. The summed E-state index contributed by atoms with van der Waals surface area (Å²) in [5.41, 5.74) is 2.43. The number of nitrogens with zero attached hydrogens (tertiary/aromatic N) is 3. The Balaban J connectivity index is 1.55. The molecule has 3 aromatic rings. The summed E-state index contributed by atoms with van der Waals surface area (Å²) in [5, 5.41) is 14.2. The van der Waals surface area contributed by atoms with E-state index >= 15 is 0 Å². The minimum Gasteiger partial charge on any atom is -0.493 e. The summed E-state index contributed by atoms with van der Waals surface area (Å²) in [6, 6.07) is 12.6. The number of hydrazone groups is 1. The van der Waals surface area contributed by atoms with Crippen molar-refractivity contribution >= 4 is 34.3 Å². The maximum absolute atomic E-state index is 12.9. The fourth-order valence-corrected chi connectivity index (χ4v) is 4.51. The van der Waals surface area contributed by atoms with E-state index in [9.17, 15) is 22.8 Å². The summed E-state index contributed by atoms with van der Waals surface area (Å²) >= 11 is 1.05. The second kappa shape index (κ2) is 10.9. The van der Waals surface area contributed by atoms with E-state index in [1.807, 2.05) is 6.92 Å². The molecular formula is C24H22F3N5O4S. The monoisotopic (exact) mass is 533 g/mol. The third-order valence-electron chi connectivity index (χ3n) is 5.33. The van der Waals surface area contributed by atoms with Crippen LogP contribution in [0.2, 0.25) is 0 Å². The van der Waals surface area contributed by atoms with Crippen LogP contribution in [-0.4, -0.2) is 50.8 Å². The predicted molar refractivity (Wildman–Crippen MR) is 132 cm³/mol. The molecule has 37 heavy (non-hydrogen) atoms. The van der Waals surface area contributed by atoms with Gasteiger partial charge in [-0.3, -0.25) is 14.7 Å². The molecule has 1 atom stereocenters. The van der Waals surface area contributed by atoms with Crippen LogP contribution in [0, 0.1) is 0 Å². The Kier molecular flexibility index (Phi) is 7.71. The molecule has 2 aromatic carbocycles. The summed E-state index contributed by atoms with van der Waals surface area (Å²) in [4.78, 5) is 24.9. The Labute approximate surface area is 214 Å². The normalized spacial score (nSPS) is 15.8. The van der Waals surface area contributed by atoms with Gasteiger partial charge in [0.05, 0.1) is 24.6 Å². The van der Waals surface area contributed by atoms with Gasteiger partial charge in [0.2, 0.25) is 0 Å². The summed E-state index contributed by atoms with van der Waals surface area (Å²) in [6.07, 6.45) is -2.89. The average molecular weight is 534 g/mol. The minimum absolute atomic E-state index is 0.0779. The lowest BCUT2D eigenvalue weighted by Crippen LogP contribution is -2.34. The number of hydrogen-bond donors (Lipinski definition) is 2. The first-order chi connectivity index (χ1) is 17.7. The van der Waals surface area contributed by atoms with Crippen molar-refractivity contribution in [3.63, 3.8) is 0 Å². The molecule has 1 aromatic heterocycles. The number of benzene rings is 2. The number of methoxy groups -OCH3 is 1. The highest BCUT2D eigenvalue weighted by atomic mass is 32.2. The minimum atomic E-state index is -4.90. The maximum Gasteiger partial charge on any atom is 0.573 e. The molecule has 13 heteroatoms. The molecule has 0 spiro atoms. The number of aromatic amines is 1. The van der Waals surface area contributed by atoms with Crippen molar-refractivity contribution < 1.29 is 32.2 Å². The van der Waals surface area contributed by atoms with Gasteiger partial charge in [0.25, 0.3) is 5.91 Å². The van der Waals surface area contributed by atoms with E-state index < -0.39 is 12.1 Å². The van der Waals surface area contributed by atoms with E-state index in [1.54, 1.807) is 36.4 Å². The zero-order valence-corrected chi connectivity index (χ0v) is 20.5. The Morgan fingerprint density at radius 2 is 1.92 bits per heavy atom. The van der Waals surface area contributed by atoms with Gasteiger partial charge < -0.3 is 14.8 Å². The quantitative estimate of drug-likeness (QED) is 0.400. The number of alkyl halides is 3. The number of H-pyrrole nitrogens is 1. The van der Waals surface area contributed by atoms with Crippen molar-refractivity contribution in [2.75, 3.05) is 12.4 Å². The molecule has 0 bridgehead atoms. The number of nitrogens with one attached hydrogen (secondary N) is 2. The van der Waals surface area contributed by atoms with E-state index in [1.165, 1.54) is 30.4 Å². The number of aromatic nitrogens is 2. The third-order valence-corrected chi connectivity index (χ3v) is 6.59. The fourth-order valence-electron chi connectivity index (χ4n) is 3.58. The second-order valence-electron chi connectivity index (χ2n) is 7.86. The zero-order chi connectivity index (χ0) is 26.6. The number of carbonyl (C=O) groups is 2. The number of thioether (sulfide) groups is 1. The SMILES string of the molecule is CCC1SC(=O)N(Cc2ccc(NC(=O)c3ccn[nH]3)cc2)N=C1c1ccc(OC)c(OC(F)(F)F)c1. The van der Waals surface area contributed by atoms with Gasteiger partial charge in [-0.1, -0.05) is 30.8 Å². The lowest BCUT2D eigenvalue weighted by atomic mass is 10.0. The highest BCUT2D eigenvalue weighted by molar-refractivity contribution is 8.14. The highest BCUT2D eigenvalue weighted by Gasteiger charge is 2.34. The van der Waals surface area contributed by atoms with Crippen molar-refractivity contribution in [1.29, 1.82) is 0 Å². The Morgan fingerprint density at radius 1 is 1.16 bits per heavy atom. The molecule has 1 aliphatic rings. The molecule has 0 fully saturated rings. The fraction of sp³-hybridized carbons (Fsp3) is 0.250.